The Hall–Kier alpha value is -3.40. The molecule has 3 aromatic carbocycles. The summed E-state index contributed by atoms with van der Waals surface area (Å²) in [6.07, 6.45) is 1.54. The SMILES string of the molecule is O=C(c1ccccc1)c1ccc(C2CCN(C(=O)OCc3ccccc3)CC2)cc1. The van der Waals surface area contributed by atoms with Crippen LogP contribution in [0.25, 0.3) is 0 Å². The maximum Gasteiger partial charge on any atom is 0.410 e. The average molecular weight is 399 g/mol. The van der Waals surface area contributed by atoms with Gasteiger partial charge in [0.05, 0.1) is 0 Å². The molecule has 0 unspecified atom stereocenters. The second-order valence-electron chi connectivity index (χ2n) is 7.62. The molecule has 0 N–H and O–H groups in total. The van der Waals surface area contributed by atoms with E-state index in [9.17, 15) is 9.59 Å². The van der Waals surface area contributed by atoms with E-state index in [1.807, 2.05) is 84.9 Å². The highest BCUT2D eigenvalue weighted by Crippen LogP contribution is 2.29. The number of amides is 1. The first kappa shape index (κ1) is 19.9. The summed E-state index contributed by atoms with van der Waals surface area (Å²) < 4.78 is 5.44. The van der Waals surface area contributed by atoms with Crippen LogP contribution in [0.5, 0.6) is 0 Å². The highest BCUT2D eigenvalue weighted by Gasteiger charge is 2.25. The summed E-state index contributed by atoms with van der Waals surface area (Å²) in [5, 5.41) is 0. The van der Waals surface area contributed by atoms with Crippen LogP contribution in [-0.4, -0.2) is 29.9 Å². The number of hydrogen-bond acceptors (Lipinski definition) is 3. The number of nitrogens with zero attached hydrogens (tertiary/aromatic N) is 1. The first-order valence-electron chi connectivity index (χ1n) is 10.4. The fourth-order valence-corrected chi connectivity index (χ4v) is 3.87. The minimum absolute atomic E-state index is 0.0399. The predicted molar refractivity (Wildman–Crippen MR) is 116 cm³/mol. The Bertz CT molecular complexity index is 976. The highest BCUT2D eigenvalue weighted by molar-refractivity contribution is 6.08. The number of benzene rings is 3. The molecule has 1 saturated heterocycles. The minimum atomic E-state index is -0.249. The monoisotopic (exact) mass is 399 g/mol. The number of likely N-dealkylation sites (tertiary alicyclic amines) is 1. The van der Waals surface area contributed by atoms with Crippen molar-refractivity contribution in [2.24, 2.45) is 0 Å². The molecule has 0 bridgehead atoms. The van der Waals surface area contributed by atoms with Crippen molar-refractivity contribution >= 4 is 11.9 Å². The predicted octanol–water partition coefficient (Wildman–Crippen LogP) is 5.43. The van der Waals surface area contributed by atoms with Gasteiger partial charge in [-0.25, -0.2) is 4.79 Å². The quantitative estimate of drug-likeness (QED) is 0.537. The lowest BCUT2D eigenvalue weighted by atomic mass is 9.88. The van der Waals surface area contributed by atoms with Gasteiger partial charge in [-0.1, -0.05) is 84.9 Å². The molecule has 1 heterocycles. The largest absolute Gasteiger partial charge is 0.445 e. The molecule has 0 saturated carbocycles. The van der Waals surface area contributed by atoms with Crippen molar-refractivity contribution in [1.82, 2.24) is 4.90 Å². The van der Waals surface area contributed by atoms with Gasteiger partial charge in [0.15, 0.2) is 5.78 Å². The first-order chi connectivity index (χ1) is 14.7. The molecular formula is C26H25NO3. The van der Waals surface area contributed by atoms with Gasteiger partial charge in [0.25, 0.3) is 0 Å². The Labute approximate surface area is 177 Å². The molecule has 0 aliphatic carbocycles. The second kappa shape index (κ2) is 9.40. The number of carbonyl (C=O) groups is 2. The highest BCUT2D eigenvalue weighted by atomic mass is 16.6. The Balaban J connectivity index is 1.29. The van der Waals surface area contributed by atoms with Crippen molar-refractivity contribution in [2.75, 3.05) is 13.1 Å². The topological polar surface area (TPSA) is 46.6 Å². The summed E-state index contributed by atoms with van der Waals surface area (Å²) in [4.78, 5) is 26.7. The third-order valence-corrected chi connectivity index (χ3v) is 5.64. The first-order valence-corrected chi connectivity index (χ1v) is 10.4. The van der Waals surface area contributed by atoms with Gasteiger partial charge in [-0.3, -0.25) is 4.79 Å². The van der Waals surface area contributed by atoms with Crippen LogP contribution in [0.1, 0.15) is 45.8 Å². The van der Waals surface area contributed by atoms with E-state index in [-0.39, 0.29) is 11.9 Å². The summed E-state index contributed by atoms with van der Waals surface area (Å²) >= 11 is 0. The lowest BCUT2D eigenvalue weighted by molar-refractivity contribution is 0.0870. The molecule has 4 nitrogen and oxygen atoms in total. The Morgan fingerprint density at radius 3 is 1.97 bits per heavy atom. The smallest absolute Gasteiger partial charge is 0.410 e. The van der Waals surface area contributed by atoms with Crippen molar-refractivity contribution in [3.63, 3.8) is 0 Å². The van der Waals surface area contributed by atoms with Gasteiger partial charge in [0, 0.05) is 24.2 Å². The van der Waals surface area contributed by atoms with Gasteiger partial charge < -0.3 is 9.64 Å². The molecule has 4 rings (SSSR count). The van der Waals surface area contributed by atoms with Crippen molar-refractivity contribution in [3.8, 4) is 0 Å². The molecule has 1 aliphatic heterocycles. The fraction of sp³-hybridized carbons (Fsp3) is 0.231. The number of piperidine rings is 1. The van der Waals surface area contributed by atoms with Gasteiger partial charge in [-0.2, -0.15) is 0 Å². The van der Waals surface area contributed by atoms with Crippen LogP contribution in [0.3, 0.4) is 0 Å². The Kier molecular flexibility index (Phi) is 6.23. The van der Waals surface area contributed by atoms with Crippen LogP contribution in [0.4, 0.5) is 4.79 Å². The van der Waals surface area contributed by atoms with E-state index in [4.69, 9.17) is 4.74 Å². The zero-order valence-electron chi connectivity index (χ0n) is 16.9. The lowest BCUT2D eigenvalue weighted by Crippen LogP contribution is -2.38. The molecule has 1 aliphatic rings. The van der Waals surface area contributed by atoms with Crippen molar-refractivity contribution < 1.29 is 14.3 Å². The summed E-state index contributed by atoms with van der Waals surface area (Å²) in [6, 6.07) is 27.0. The summed E-state index contributed by atoms with van der Waals surface area (Å²) in [5.41, 5.74) is 3.61. The summed E-state index contributed by atoms with van der Waals surface area (Å²) in [7, 11) is 0. The van der Waals surface area contributed by atoms with Gasteiger partial charge in [0.2, 0.25) is 0 Å². The van der Waals surface area contributed by atoms with Crippen molar-refractivity contribution in [3.05, 3.63) is 107 Å². The molecule has 1 fully saturated rings. The van der Waals surface area contributed by atoms with E-state index in [0.29, 0.717) is 36.7 Å². The Morgan fingerprint density at radius 1 is 0.767 bits per heavy atom. The van der Waals surface area contributed by atoms with E-state index < -0.39 is 0 Å². The maximum absolute atomic E-state index is 12.6. The van der Waals surface area contributed by atoms with Crippen LogP contribution in [-0.2, 0) is 11.3 Å². The number of ketones is 1. The average Bonchev–Trinajstić information content (AvgIpc) is 2.83. The van der Waals surface area contributed by atoms with Gasteiger partial charge >= 0.3 is 6.09 Å². The number of hydrogen-bond donors (Lipinski definition) is 0. The normalized spacial score (nSPS) is 14.3. The number of rotatable bonds is 5. The third kappa shape index (κ3) is 4.77. The maximum atomic E-state index is 12.6. The van der Waals surface area contributed by atoms with E-state index >= 15 is 0 Å². The standard InChI is InChI=1S/C26H25NO3/c28-25(23-9-5-2-6-10-23)24-13-11-21(12-14-24)22-15-17-27(18-16-22)26(29)30-19-20-7-3-1-4-8-20/h1-14,22H,15-19H2. The Morgan fingerprint density at radius 2 is 1.33 bits per heavy atom. The molecule has 152 valence electrons. The zero-order valence-corrected chi connectivity index (χ0v) is 16.9. The molecule has 0 spiro atoms. The van der Waals surface area contributed by atoms with E-state index in [2.05, 4.69) is 0 Å². The molecule has 0 atom stereocenters. The summed E-state index contributed by atoms with van der Waals surface area (Å²) in [5.74, 6) is 0.433. The van der Waals surface area contributed by atoms with Gasteiger partial charge in [-0.15, -0.1) is 0 Å². The van der Waals surface area contributed by atoms with E-state index in [1.54, 1.807) is 4.90 Å². The van der Waals surface area contributed by atoms with E-state index in [0.717, 1.165) is 18.4 Å². The van der Waals surface area contributed by atoms with Crippen molar-refractivity contribution in [2.45, 2.75) is 25.4 Å². The van der Waals surface area contributed by atoms with Gasteiger partial charge in [-0.05, 0) is 29.9 Å². The van der Waals surface area contributed by atoms with Crippen LogP contribution in [0.15, 0.2) is 84.9 Å². The van der Waals surface area contributed by atoms with Crippen LogP contribution >= 0.6 is 0 Å². The van der Waals surface area contributed by atoms with Crippen LogP contribution in [0, 0.1) is 0 Å². The molecule has 0 aromatic heterocycles. The molecular weight excluding hydrogens is 374 g/mol. The number of carbonyl (C=O) groups excluding carboxylic acids is 2. The molecule has 3 aromatic rings. The van der Waals surface area contributed by atoms with Crippen LogP contribution in [0.2, 0.25) is 0 Å². The fourth-order valence-electron chi connectivity index (χ4n) is 3.87. The van der Waals surface area contributed by atoms with Crippen molar-refractivity contribution in [1.29, 1.82) is 0 Å². The third-order valence-electron chi connectivity index (χ3n) is 5.64. The van der Waals surface area contributed by atoms with E-state index in [1.165, 1.54) is 5.56 Å². The zero-order chi connectivity index (χ0) is 20.8. The molecule has 4 heteroatoms. The lowest BCUT2D eigenvalue weighted by Gasteiger charge is -2.31. The minimum Gasteiger partial charge on any atom is -0.445 e. The molecule has 0 radical (unpaired) electrons. The summed E-state index contributed by atoms with van der Waals surface area (Å²) in [6.45, 7) is 1.67. The number of ether oxygens (including phenoxy) is 1. The molecule has 1 amide bonds. The second-order valence-corrected chi connectivity index (χ2v) is 7.62. The molecule has 30 heavy (non-hydrogen) atoms. The van der Waals surface area contributed by atoms with Gasteiger partial charge in [0.1, 0.15) is 6.61 Å². The van der Waals surface area contributed by atoms with Crippen LogP contribution < -0.4 is 0 Å².